The van der Waals surface area contributed by atoms with Crippen molar-refractivity contribution in [3.05, 3.63) is 11.8 Å². The van der Waals surface area contributed by atoms with Crippen LogP contribution in [0.1, 0.15) is 76.6 Å². The van der Waals surface area contributed by atoms with Crippen molar-refractivity contribution in [2.24, 2.45) is 0 Å². The van der Waals surface area contributed by atoms with Crippen molar-refractivity contribution in [2.45, 2.75) is 70.4 Å². The summed E-state index contributed by atoms with van der Waals surface area (Å²) in [5.74, 6) is 1.36. The monoisotopic (exact) mass is 350 g/mol. The first-order chi connectivity index (χ1) is 12.0. The molecule has 3 rings (SSSR count). The molecule has 0 unspecified atom stereocenters. The molecule has 7 nitrogen and oxygen atoms in total. The summed E-state index contributed by atoms with van der Waals surface area (Å²) in [6.45, 7) is 8.97. The zero-order valence-corrected chi connectivity index (χ0v) is 15.6. The summed E-state index contributed by atoms with van der Waals surface area (Å²) < 4.78 is 11.2. The second-order valence-electron chi connectivity index (χ2n) is 7.52. The molecule has 1 aliphatic heterocycles. The van der Waals surface area contributed by atoms with Crippen molar-refractivity contribution in [2.75, 3.05) is 26.3 Å². The van der Waals surface area contributed by atoms with Crippen LogP contribution in [0.2, 0.25) is 0 Å². The molecule has 1 aromatic rings. The minimum Gasteiger partial charge on any atom is -0.423 e. The molecule has 25 heavy (non-hydrogen) atoms. The minimum absolute atomic E-state index is 0.0888. The Morgan fingerprint density at radius 2 is 1.72 bits per heavy atom. The number of carbonyl (C=O) groups is 1. The van der Waals surface area contributed by atoms with Crippen LogP contribution in [0.3, 0.4) is 0 Å². The van der Waals surface area contributed by atoms with Crippen LogP contribution in [0.4, 0.5) is 0 Å². The lowest BCUT2D eigenvalue weighted by molar-refractivity contribution is -0.141. The van der Waals surface area contributed by atoms with E-state index in [9.17, 15) is 4.79 Å². The predicted octanol–water partition coefficient (Wildman–Crippen LogP) is 2.41. The Bertz CT molecular complexity index is 575. The van der Waals surface area contributed by atoms with E-state index in [0.717, 1.165) is 38.8 Å². The van der Waals surface area contributed by atoms with Gasteiger partial charge in [-0.3, -0.25) is 9.69 Å². The highest BCUT2D eigenvalue weighted by atomic mass is 16.5. The first kappa shape index (κ1) is 18.3. The van der Waals surface area contributed by atoms with Gasteiger partial charge in [-0.25, -0.2) is 0 Å². The SMILES string of the molecule is CC(C)c1nnc([C@@H](C)NC(=O)C2(N3CCOCC3)CCCCC2)o1. The first-order valence-corrected chi connectivity index (χ1v) is 9.50. The lowest BCUT2D eigenvalue weighted by Gasteiger charge is -2.46. The van der Waals surface area contributed by atoms with E-state index in [2.05, 4.69) is 20.4 Å². The number of rotatable bonds is 5. The van der Waals surface area contributed by atoms with Gasteiger partial charge >= 0.3 is 0 Å². The van der Waals surface area contributed by atoms with E-state index in [0.29, 0.717) is 25.0 Å². The molecule has 2 heterocycles. The molecule has 2 aliphatic rings. The molecule has 1 aromatic heterocycles. The largest absolute Gasteiger partial charge is 0.423 e. The van der Waals surface area contributed by atoms with E-state index in [4.69, 9.17) is 9.15 Å². The molecule has 140 valence electrons. The van der Waals surface area contributed by atoms with Gasteiger partial charge in [0, 0.05) is 19.0 Å². The highest BCUT2D eigenvalue weighted by molar-refractivity contribution is 5.86. The summed E-state index contributed by atoms with van der Waals surface area (Å²) in [6.07, 6.45) is 5.21. The van der Waals surface area contributed by atoms with Gasteiger partial charge in [0.05, 0.1) is 13.2 Å². The molecular weight excluding hydrogens is 320 g/mol. The van der Waals surface area contributed by atoms with Gasteiger partial charge in [0.2, 0.25) is 17.7 Å². The van der Waals surface area contributed by atoms with Crippen molar-refractivity contribution in [3.8, 4) is 0 Å². The third-order valence-corrected chi connectivity index (χ3v) is 5.39. The maximum absolute atomic E-state index is 13.3. The summed E-state index contributed by atoms with van der Waals surface area (Å²) in [5, 5.41) is 11.3. The van der Waals surface area contributed by atoms with Gasteiger partial charge < -0.3 is 14.5 Å². The lowest BCUT2D eigenvalue weighted by atomic mass is 9.79. The quantitative estimate of drug-likeness (QED) is 0.878. The Labute approximate surface area is 149 Å². The number of nitrogens with zero attached hydrogens (tertiary/aromatic N) is 3. The van der Waals surface area contributed by atoms with Gasteiger partial charge in [0.25, 0.3) is 0 Å². The first-order valence-electron chi connectivity index (χ1n) is 9.50. The smallest absolute Gasteiger partial charge is 0.241 e. The van der Waals surface area contributed by atoms with Crippen LogP contribution in [0.15, 0.2) is 4.42 Å². The highest BCUT2D eigenvalue weighted by Crippen LogP contribution is 2.35. The van der Waals surface area contributed by atoms with Crippen LogP contribution in [-0.4, -0.2) is 52.8 Å². The molecule has 0 spiro atoms. The second kappa shape index (κ2) is 7.83. The van der Waals surface area contributed by atoms with Crippen molar-refractivity contribution in [3.63, 3.8) is 0 Å². The van der Waals surface area contributed by atoms with E-state index in [1.807, 2.05) is 20.8 Å². The van der Waals surface area contributed by atoms with E-state index in [1.165, 1.54) is 6.42 Å². The Morgan fingerprint density at radius 1 is 1.08 bits per heavy atom. The fraction of sp³-hybridized carbons (Fsp3) is 0.833. The molecule has 0 aromatic carbocycles. The van der Waals surface area contributed by atoms with Crippen LogP contribution in [0.5, 0.6) is 0 Å². The normalized spacial score (nSPS) is 22.7. The molecule has 0 radical (unpaired) electrons. The van der Waals surface area contributed by atoms with Crippen LogP contribution >= 0.6 is 0 Å². The minimum atomic E-state index is -0.419. The van der Waals surface area contributed by atoms with Crippen molar-refractivity contribution in [1.29, 1.82) is 0 Å². The zero-order chi connectivity index (χ0) is 17.9. The average Bonchev–Trinajstić information content (AvgIpc) is 3.13. The van der Waals surface area contributed by atoms with Gasteiger partial charge in [-0.2, -0.15) is 0 Å². The summed E-state index contributed by atoms with van der Waals surface area (Å²) in [5.41, 5.74) is -0.419. The van der Waals surface area contributed by atoms with Gasteiger partial charge in [0.1, 0.15) is 11.6 Å². The molecule has 1 amide bonds. The van der Waals surface area contributed by atoms with Crippen LogP contribution in [0, 0.1) is 0 Å². The summed E-state index contributed by atoms with van der Waals surface area (Å²) in [6, 6.07) is -0.285. The third kappa shape index (κ3) is 3.87. The van der Waals surface area contributed by atoms with Crippen LogP contribution in [0.25, 0.3) is 0 Å². The molecule has 7 heteroatoms. The molecule has 2 fully saturated rings. The Balaban J connectivity index is 1.73. The average molecular weight is 350 g/mol. The maximum atomic E-state index is 13.3. The number of carbonyl (C=O) groups excluding carboxylic acids is 1. The topological polar surface area (TPSA) is 80.5 Å². The highest BCUT2D eigenvalue weighted by Gasteiger charge is 2.45. The molecule has 1 N–H and O–H groups in total. The van der Waals surface area contributed by atoms with Gasteiger partial charge in [-0.1, -0.05) is 33.1 Å². The maximum Gasteiger partial charge on any atom is 0.241 e. The number of amides is 1. The molecule has 1 saturated heterocycles. The Hall–Kier alpha value is -1.47. The Morgan fingerprint density at radius 3 is 2.32 bits per heavy atom. The number of morpholine rings is 1. The Kier molecular flexibility index (Phi) is 5.74. The van der Waals surface area contributed by atoms with E-state index in [-0.39, 0.29) is 17.9 Å². The number of hydrogen-bond acceptors (Lipinski definition) is 6. The second-order valence-corrected chi connectivity index (χ2v) is 7.52. The number of aromatic nitrogens is 2. The fourth-order valence-electron chi connectivity index (χ4n) is 3.86. The standard InChI is InChI=1S/C18H30N4O3/c1-13(2)15-20-21-16(25-15)14(3)19-17(23)18(7-5-4-6-8-18)22-9-11-24-12-10-22/h13-14H,4-12H2,1-3H3,(H,19,23)/t14-/m1/s1. The van der Waals surface area contributed by atoms with Crippen molar-refractivity contribution in [1.82, 2.24) is 20.4 Å². The summed E-state index contributed by atoms with van der Waals surface area (Å²) in [4.78, 5) is 15.6. The van der Waals surface area contributed by atoms with E-state index in [1.54, 1.807) is 0 Å². The van der Waals surface area contributed by atoms with Gasteiger partial charge in [-0.15, -0.1) is 10.2 Å². The summed E-state index contributed by atoms with van der Waals surface area (Å²) in [7, 11) is 0. The third-order valence-electron chi connectivity index (χ3n) is 5.39. The predicted molar refractivity (Wildman–Crippen MR) is 93.2 cm³/mol. The zero-order valence-electron chi connectivity index (χ0n) is 15.6. The van der Waals surface area contributed by atoms with Crippen molar-refractivity contribution >= 4 is 5.91 Å². The number of hydrogen-bond donors (Lipinski definition) is 1. The van der Waals surface area contributed by atoms with E-state index >= 15 is 0 Å². The number of nitrogens with one attached hydrogen (secondary N) is 1. The lowest BCUT2D eigenvalue weighted by Crippen LogP contribution is -2.62. The van der Waals surface area contributed by atoms with Gasteiger partial charge in [-0.05, 0) is 19.8 Å². The van der Waals surface area contributed by atoms with Crippen molar-refractivity contribution < 1.29 is 13.9 Å². The van der Waals surface area contributed by atoms with E-state index < -0.39 is 5.54 Å². The molecular formula is C18H30N4O3. The van der Waals surface area contributed by atoms with Crippen LogP contribution in [-0.2, 0) is 9.53 Å². The molecule has 1 saturated carbocycles. The molecule has 1 atom stereocenters. The van der Waals surface area contributed by atoms with Crippen LogP contribution < -0.4 is 5.32 Å². The van der Waals surface area contributed by atoms with Gasteiger partial charge in [0.15, 0.2) is 0 Å². The summed E-state index contributed by atoms with van der Waals surface area (Å²) >= 11 is 0. The fourth-order valence-corrected chi connectivity index (χ4v) is 3.86. The molecule has 0 bridgehead atoms. The number of ether oxygens (including phenoxy) is 1. The molecule has 1 aliphatic carbocycles.